The number of aliphatic hydroxyl groups is 1. The smallest absolute Gasteiger partial charge is 0.368 e. The van der Waals surface area contributed by atoms with Crippen LogP contribution in [0, 0.1) is 5.92 Å². The summed E-state index contributed by atoms with van der Waals surface area (Å²) in [6.45, 7) is 13.3. The van der Waals surface area contributed by atoms with Gasteiger partial charge in [0.15, 0.2) is 0 Å². The average Bonchev–Trinajstić information content (AvgIpc) is 2.53. The number of nitrogens with zero attached hydrogens (tertiary/aromatic N) is 1. The summed E-state index contributed by atoms with van der Waals surface area (Å²) in [6.07, 6.45) is 8.44. The van der Waals surface area contributed by atoms with E-state index >= 15 is 0 Å². The Kier molecular flexibility index (Phi) is 14.7. The van der Waals surface area contributed by atoms with E-state index in [2.05, 4.69) is 32.6 Å². The van der Waals surface area contributed by atoms with Crippen molar-refractivity contribution in [3.63, 3.8) is 0 Å². The van der Waals surface area contributed by atoms with Gasteiger partial charge in [-0.25, -0.2) is 0 Å². The van der Waals surface area contributed by atoms with E-state index < -0.39 is 20.3 Å². The van der Waals surface area contributed by atoms with E-state index in [9.17, 15) is 9.13 Å². The van der Waals surface area contributed by atoms with Gasteiger partial charge in [0.25, 0.3) is 5.08 Å². The third kappa shape index (κ3) is 11.2. The van der Waals surface area contributed by atoms with Crippen molar-refractivity contribution in [1.29, 1.82) is 0 Å². The zero-order chi connectivity index (χ0) is 21.0. The molecule has 0 aliphatic heterocycles. The van der Waals surface area contributed by atoms with E-state index in [-0.39, 0.29) is 0 Å². The first kappa shape index (κ1) is 28.4. The molecule has 8 nitrogen and oxygen atoms in total. The highest BCUT2D eigenvalue weighted by molar-refractivity contribution is 7.71. The SMILES string of the molecule is CC(O)(P(=O)(O)O)P(=O)(O)O.CCC(CC)CCCCCN(CC)CC. The molecule has 5 N–H and O–H groups in total. The average molecular weight is 419 g/mol. The standard InChI is InChI=1S/C14H31N.C2H8O7P2/c1-5-14(6-2)12-10-9-11-13-15(7-3)8-4;1-2(3,10(4,5)6)11(7,8)9/h14H,5-13H2,1-4H3;3H,1H3,(H2,4,5,6)(H2,7,8,9). The molecule has 0 saturated carbocycles. The highest BCUT2D eigenvalue weighted by Crippen LogP contribution is 2.66. The van der Waals surface area contributed by atoms with Crippen LogP contribution in [0.2, 0.25) is 0 Å². The van der Waals surface area contributed by atoms with E-state index in [0.717, 1.165) is 5.92 Å². The summed E-state index contributed by atoms with van der Waals surface area (Å²) in [7, 11) is -10.4. The molecule has 0 aliphatic rings. The predicted octanol–water partition coefficient (Wildman–Crippen LogP) is 3.33. The molecule has 0 aromatic heterocycles. The second-order valence-electron chi connectivity index (χ2n) is 6.62. The molecule has 26 heavy (non-hydrogen) atoms. The van der Waals surface area contributed by atoms with Gasteiger partial charge in [-0.1, -0.05) is 59.8 Å². The highest BCUT2D eigenvalue weighted by Gasteiger charge is 2.55. The maximum absolute atomic E-state index is 10.3. The molecule has 0 atom stereocenters. The van der Waals surface area contributed by atoms with Gasteiger partial charge in [0, 0.05) is 0 Å². The van der Waals surface area contributed by atoms with Crippen LogP contribution in [-0.4, -0.2) is 54.3 Å². The van der Waals surface area contributed by atoms with Gasteiger partial charge in [-0.05, 0) is 38.9 Å². The molecule has 0 unspecified atom stereocenters. The number of rotatable bonds is 12. The minimum atomic E-state index is -5.20. The van der Waals surface area contributed by atoms with Gasteiger partial charge >= 0.3 is 15.2 Å². The Labute approximate surface area is 158 Å². The minimum absolute atomic E-state index is 0.383. The number of unbranched alkanes of at least 4 members (excludes halogenated alkanes) is 2. The molecule has 0 radical (unpaired) electrons. The van der Waals surface area contributed by atoms with Crippen LogP contribution in [0.5, 0.6) is 0 Å². The maximum atomic E-state index is 10.3. The third-order valence-electron chi connectivity index (χ3n) is 4.74. The molecular formula is C16H39NO7P2. The number of hydrogen-bond acceptors (Lipinski definition) is 4. The minimum Gasteiger partial charge on any atom is -0.368 e. The summed E-state index contributed by atoms with van der Waals surface area (Å²) in [5.74, 6) is 0.985. The molecule has 0 bridgehead atoms. The largest absolute Gasteiger partial charge is 0.369 e. The van der Waals surface area contributed by atoms with Crippen LogP contribution in [0.1, 0.15) is 73.1 Å². The topological polar surface area (TPSA) is 139 Å². The molecule has 0 aromatic rings. The maximum Gasteiger partial charge on any atom is 0.369 e. The summed E-state index contributed by atoms with van der Waals surface area (Å²) in [5.41, 5.74) is 0. The van der Waals surface area contributed by atoms with Gasteiger partial charge in [-0.15, -0.1) is 0 Å². The van der Waals surface area contributed by atoms with Crippen LogP contribution >= 0.6 is 15.2 Å². The highest BCUT2D eigenvalue weighted by atomic mass is 31.2. The predicted molar refractivity (Wildman–Crippen MR) is 105 cm³/mol. The van der Waals surface area contributed by atoms with Gasteiger partial charge in [0.1, 0.15) is 0 Å². The van der Waals surface area contributed by atoms with Crippen molar-refractivity contribution in [1.82, 2.24) is 4.90 Å². The molecule has 0 heterocycles. The first-order valence-corrected chi connectivity index (χ1v) is 12.6. The van der Waals surface area contributed by atoms with Gasteiger partial charge in [0.05, 0.1) is 0 Å². The third-order valence-corrected chi connectivity index (χ3v) is 8.51. The lowest BCUT2D eigenvalue weighted by molar-refractivity contribution is 0.146. The summed E-state index contributed by atoms with van der Waals surface area (Å²) in [4.78, 5) is 35.5. The van der Waals surface area contributed by atoms with Crippen LogP contribution in [0.3, 0.4) is 0 Å². The van der Waals surface area contributed by atoms with E-state index in [1.807, 2.05) is 0 Å². The van der Waals surface area contributed by atoms with Crippen LogP contribution in [0.15, 0.2) is 0 Å². The van der Waals surface area contributed by atoms with Crippen LogP contribution in [0.25, 0.3) is 0 Å². The van der Waals surface area contributed by atoms with Crippen molar-refractivity contribution >= 4 is 15.2 Å². The van der Waals surface area contributed by atoms with Crippen molar-refractivity contribution in [3.05, 3.63) is 0 Å². The Hall–Kier alpha value is 0.220. The Bertz CT molecular complexity index is 402. The molecule has 0 saturated heterocycles. The van der Waals surface area contributed by atoms with Crippen LogP contribution in [-0.2, 0) is 9.13 Å². The first-order valence-electron chi connectivity index (χ1n) is 9.34. The molecule has 0 fully saturated rings. The van der Waals surface area contributed by atoms with E-state index in [0.29, 0.717) is 6.92 Å². The lowest BCUT2D eigenvalue weighted by Crippen LogP contribution is -2.23. The molecule has 0 aromatic carbocycles. The van der Waals surface area contributed by atoms with Gasteiger partial charge in [-0.3, -0.25) is 9.13 Å². The van der Waals surface area contributed by atoms with Crippen LogP contribution < -0.4 is 0 Å². The Balaban J connectivity index is 0. The monoisotopic (exact) mass is 419 g/mol. The molecular weight excluding hydrogens is 380 g/mol. The van der Waals surface area contributed by atoms with Gasteiger partial charge in [0.2, 0.25) is 0 Å². The fourth-order valence-electron chi connectivity index (χ4n) is 2.35. The molecule has 0 amide bonds. The van der Waals surface area contributed by atoms with Crippen molar-refractivity contribution in [2.24, 2.45) is 5.92 Å². The zero-order valence-corrected chi connectivity index (χ0v) is 18.6. The molecule has 10 heteroatoms. The number of hydrogen-bond donors (Lipinski definition) is 5. The Morgan fingerprint density at radius 2 is 1.27 bits per heavy atom. The zero-order valence-electron chi connectivity index (χ0n) is 16.8. The quantitative estimate of drug-likeness (QED) is 0.240. The van der Waals surface area contributed by atoms with Crippen molar-refractivity contribution in [2.45, 2.75) is 78.2 Å². The second kappa shape index (κ2) is 13.4. The second-order valence-corrected chi connectivity index (χ2v) is 10.9. The molecule has 0 rings (SSSR count). The van der Waals surface area contributed by atoms with Crippen molar-refractivity contribution < 1.29 is 33.8 Å². The van der Waals surface area contributed by atoms with Gasteiger partial charge < -0.3 is 29.6 Å². The van der Waals surface area contributed by atoms with Crippen molar-refractivity contribution in [3.8, 4) is 0 Å². The lowest BCUT2D eigenvalue weighted by Gasteiger charge is -2.24. The normalized spacial score (nSPS) is 13.1. The molecule has 0 spiro atoms. The van der Waals surface area contributed by atoms with Crippen LogP contribution in [0.4, 0.5) is 0 Å². The molecule has 160 valence electrons. The van der Waals surface area contributed by atoms with E-state index in [1.54, 1.807) is 0 Å². The Morgan fingerprint density at radius 3 is 1.54 bits per heavy atom. The van der Waals surface area contributed by atoms with Gasteiger partial charge in [-0.2, -0.15) is 0 Å². The van der Waals surface area contributed by atoms with E-state index in [4.69, 9.17) is 24.7 Å². The summed E-state index contributed by atoms with van der Waals surface area (Å²) in [5, 5.41) is 5.37. The first-order chi connectivity index (χ1) is 11.8. The fourth-order valence-corrected chi connectivity index (χ4v) is 3.71. The summed E-state index contributed by atoms with van der Waals surface area (Å²) < 4.78 is 20.5. The Morgan fingerprint density at radius 1 is 0.846 bits per heavy atom. The van der Waals surface area contributed by atoms with E-state index in [1.165, 1.54) is 58.2 Å². The fraction of sp³-hybridized carbons (Fsp3) is 1.00. The van der Waals surface area contributed by atoms with Crippen molar-refractivity contribution in [2.75, 3.05) is 19.6 Å². The molecule has 0 aliphatic carbocycles. The summed E-state index contributed by atoms with van der Waals surface area (Å²) >= 11 is 0. The lowest BCUT2D eigenvalue weighted by atomic mass is 9.96. The summed E-state index contributed by atoms with van der Waals surface area (Å²) in [6, 6.07) is 0.